The number of hydrogen-bond donors (Lipinski definition) is 1. The van der Waals surface area contributed by atoms with E-state index in [-0.39, 0.29) is 17.7 Å². The van der Waals surface area contributed by atoms with Gasteiger partial charge in [0, 0.05) is 37.2 Å². The molecular weight excluding hydrogens is 288 g/mol. The lowest BCUT2D eigenvalue weighted by atomic mass is 9.96. The van der Waals surface area contributed by atoms with E-state index in [4.69, 9.17) is 11.6 Å². The third kappa shape index (κ3) is 4.33. The summed E-state index contributed by atoms with van der Waals surface area (Å²) in [6.07, 6.45) is 4.80. The van der Waals surface area contributed by atoms with Crippen LogP contribution in [0.15, 0.2) is 30.3 Å². The van der Waals surface area contributed by atoms with E-state index in [9.17, 15) is 9.59 Å². The molecule has 1 fully saturated rings. The Hall–Kier alpha value is -1.81. The SMILES string of the molecule is CNC(=O)C1CCN(C(=O)C=Cc2ccc(Cl)cc2)CC1. The molecule has 5 heteroatoms. The Labute approximate surface area is 129 Å². The molecule has 0 aromatic heterocycles. The van der Waals surface area contributed by atoms with Gasteiger partial charge in [0.25, 0.3) is 0 Å². The molecule has 21 heavy (non-hydrogen) atoms. The zero-order valence-electron chi connectivity index (χ0n) is 12.0. The van der Waals surface area contributed by atoms with Gasteiger partial charge in [0.05, 0.1) is 0 Å². The second-order valence-corrected chi connectivity index (χ2v) is 5.54. The molecule has 0 unspecified atom stereocenters. The van der Waals surface area contributed by atoms with E-state index < -0.39 is 0 Å². The Bertz CT molecular complexity index is 532. The first-order valence-electron chi connectivity index (χ1n) is 7.04. The van der Waals surface area contributed by atoms with Crippen molar-refractivity contribution in [3.63, 3.8) is 0 Å². The maximum absolute atomic E-state index is 12.1. The van der Waals surface area contributed by atoms with E-state index in [2.05, 4.69) is 5.32 Å². The molecule has 1 aromatic rings. The van der Waals surface area contributed by atoms with E-state index in [0.29, 0.717) is 18.1 Å². The molecule has 0 atom stereocenters. The monoisotopic (exact) mass is 306 g/mol. The van der Waals surface area contributed by atoms with Crippen molar-refractivity contribution in [2.24, 2.45) is 5.92 Å². The average Bonchev–Trinajstić information content (AvgIpc) is 2.53. The van der Waals surface area contributed by atoms with Crippen LogP contribution in [0, 0.1) is 5.92 Å². The van der Waals surface area contributed by atoms with Crippen LogP contribution in [-0.2, 0) is 9.59 Å². The van der Waals surface area contributed by atoms with Crippen LogP contribution in [0.5, 0.6) is 0 Å². The Morgan fingerprint density at radius 2 is 1.86 bits per heavy atom. The maximum atomic E-state index is 12.1. The second-order valence-electron chi connectivity index (χ2n) is 5.10. The minimum Gasteiger partial charge on any atom is -0.359 e. The van der Waals surface area contributed by atoms with E-state index in [1.54, 1.807) is 36.2 Å². The van der Waals surface area contributed by atoms with Crippen LogP contribution in [0.4, 0.5) is 0 Å². The number of rotatable bonds is 3. The molecule has 0 radical (unpaired) electrons. The average molecular weight is 307 g/mol. The summed E-state index contributed by atoms with van der Waals surface area (Å²) in [7, 11) is 1.65. The molecule has 1 N–H and O–H groups in total. The predicted octanol–water partition coefficient (Wildman–Crippen LogP) is 2.34. The highest BCUT2D eigenvalue weighted by Crippen LogP contribution is 2.18. The van der Waals surface area contributed by atoms with Crippen molar-refractivity contribution in [2.75, 3.05) is 20.1 Å². The number of carbonyl (C=O) groups is 2. The van der Waals surface area contributed by atoms with Gasteiger partial charge in [-0.1, -0.05) is 23.7 Å². The van der Waals surface area contributed by atoms with Gasteiger partial charge in [-0.05, 0) is 36.6 Å². The molecule has 0 aliphatic carbocycles. The van der Waals surface area contributed by atoms with Gasteiger partial charge in [-0.25, -0.2) is 0 Å². The van der Waals surface area contributed by atoms with Crippen molar-refractivity contribution in [3.8, 4) is 0 Å². The summed E-state index contributed by atoms with van der Waals surface area (Å²) in [6.45, 7) is 1.25. The van der Waals surface area contributed by atoms with Gasteiger partial charge in [0.15, 0.2) is 0 Å². The minimum atomic E-state index is -0.0136. The van der Waals surface area contributed by atoms with Gasteiger partial charge in [-0.2, -0.15) is 0 Å². The van der Waals surface area contributed by atoms with E-state index in [1.165, 1.54) is 0 Å². The maximum Gasteiger partial charge on any atom is 0.246 e. The molecule has 4 nitrogen and oxygen atoms in total. The highest BCUT2D eigenvalue weighted by molar-refractivity contribution is 6.30. The summed E-state index contributed by atoms with van der Waals surface area (Å²) in [5, 5.41) is 3.34. The number of nitrogens with zero attached hydrogens (tertiary/aromatic N) is 1. The summed E-state index contributed by atoms with van der Waals surface area (Å²) in [4.78, 5) is 25.4. The number of hydrogen-bond acceptors (Lipinski definition) is 2. The van der Waals surface area contributed by atoms with Crippen LogP contribution in [0.25, 0.3) is 6.08 Å². The third-order valence-electron chi connectivity index (χ3n) is 3.71. The predicted molar refractivity (Wildman–Crippen MR) is 83.9 cm³/mol. The summed E-state index contributed by atoms with van der Waals surface area (Å²) < 4.78 is 0. The van der Waals surface area contributed by atoms with Crippen LogP contribution < -0.4 is 5.32 Å². The van der Waals surface area contributed by atoms with Crippen LogP contribution in [-0.4, -0.2) is 36.9 Å². The van der Waals surface area contributed by atoms with Crippen LogP contribution in [0.2, 0.25) is 5.02 Å². The summed E-state index contributed by atoms with van der Waals surface area (Å²) in [6, 6.07) is 7.31. The highest BCUT2D eigenvalue weighted by atomic mass is 35.5. The Morgan fingerprint density at radius 3 is 2.43 bits per heavy atom. The van der Waals surface area contributed by atoms with Gasteiger partial charge in [0.1, 0.15) is 0 Å². The lowest BCUT2D eigenvalue weighted by Crippen LogP contribution is -2.41. The lowest BCUT2D eigenvalue weighted by Gasteiger charge is -2.30. The zero-order chi connectivity index (χ0) is 15.2. The number of piperidine rings is 1. The molecule has 0 spiro atoms. The van der Waals surface area contributed by atoms with Crippen LogP contribution in [0.1, 0.15) is 18.4 Å². The number of likely N-dealkylation sites (tertiary alicyclic amines) is 1. The van der Waals surface area contributed by atoms with Crippen molar-refractivity contribution >= 4 is 29.5 Å². The first-order chi connectivity index (χ1) is 10.1. The quantitative estimate of drug-likeness (QED) is 0.871. The van der Waals surface area contributed by atoms with Gasteiger partial charge >= 0.3 is 0 Å². The molecule has 2 rings (SSSR count). The van der Waals surface area contributed by atoms with Crippen LogP contribution in [0.3, 0.4) is 0 Å². The first-order valence-corrected chi connectivity index (χ1v) is 7.42. The van der Waals surface area contributed by atoms with Gasteiger partial charge in [0.2, 0.25) is 11.8 Å². The molecule has 1 aliphatic heterocycles. The van der Waals surface area contributed by atoms with E-state index in [0.717, 1.165) is 18.4 Å². The molecule has 112 valence electrons. The molecule has 1 aromatic carbocycles. The van der Waals surface area contributed by atoms with Crippen molar-refractivity contribution in [1.82, 2.24) is 10.2 Å². The van der Waals surface area contributed by atoms with Crippen molar-refractivity contribution < 1.29 is 9.59 Å². The van der Waals surface area contributed by atoms with Crippen molar-refractivity contribution in [3.05, 3.63) is 40.9 Å². The third-order valence-corrected chi connectivity index (χ3v) is 3.96. The molecule has 0 bridgehead atoms. The highest BCUT2D eigenvalue weighted by Gasteiger charge is 2.25. The molecule has 2 amide bonds. The van der Waals surface area contributed by atoms with Gasteiger partial charge in [-0.3, -0.25) is 9.59 Å². The zero-order valence-corrected chi connectivity index (χ0v) is 12.8. The standard InChI is InChI=1S/C16H19ClN2O2/c1-18-16(21)13-8-10-19(11-9-13)15(20)7-4-12-2-5-14(17)6-3-12/h2-7,13H,8-11H2,1H3,(H,18,21). The van der Waals surface area contributed by atoms with Crippen molar-refractivity contribution in [1.29, 1.82) is 0 Å². The van der Waals surface area contributed by atoms with E-state index in [1.807, 2.05) is 12.1 Å². The molecule has 0 saturated carbocycles. The summed E-state index contributed by atoms with van der Waals surface area (Å²) in [5.74, 6) is 0.0819. The van der Waals surface area contributed by atoms with Gasteiger partial charge < -0.3 is 10.2 Å². The van der Waals surface area contributed by atoms with Gasteiger partial charge in [-0.15, -0.1) is 0 Å². The molecular formula is C16H19ClN2O2. The number of carbonyl (C=O) groups excluding carboxylic acids is 2. The van der Waals surface area contributed by atoms with E-state index >= 15 is 0 Å². The Balaban J connectivity index is 1.87. The molecule has 1 saturated heterocycles. The second kappa shape index (κ2) is 7.27. The molecule has 1 aliphatic rings. The smallest absolute Gasteiger partial charge is 0.246 e. The molecule has 1 heterocycles. The normalized spacial score (nSPS) is 16.2. The lowest BCUT2D eigenvalue weighted by molar-refractivity contribution is -0.131. The number of nitrogens with one attached hydrogen (secondary N) is 1. The minimum absolute atomic E-state index is 0.0136. The van der Waals surface area contributed by atoms with Crippen LogP contribution >= 0.6 is 11.6 Å². The largest absolute Gasteiger partial charge is 0.359 e. The number of halogens is 1. The number of amides is 2. The Morgan fingerprint density at radius 1 is 1.24 bits per heavy atom. The first kappa shape index (κ1) is 15.6. The van der Waals surface area contributed by atoms with Crippen molar-refractivity contribution in [2.45, 2.75) is 12.8 Å². The number of benzene rings is 1. The topological polar surface area (TPSA) is 49.4 Å². The fourth-order valence-electron chi connectivity index (χ4n) is 2.41. The fraction of sp³-hybridized carbons (Fsp3) is 0.375. The fourth-order valence-corrected chi connectivity index (χ4v) is 2.54. The summed E-state index contributed by atoms with van der Waals surface area (Å²) >= 11 is 5.82. The Kier molecular flexibility index (Phi) is 5.39. The summed E-state index contributed by atoms with van der Waals surface area (Å²) in [5.41, 5.74) is 0.938.